The van der Waals surface area contributed by atoms with Crippen LogP contribution in [0.25, 0.3) is 0 Å². The molecule has 0 aliphatic heterocycles. The molecule has 0 saturated heterocycles. The highest BCUT2D eigenvalue weighted by Gasteiger charge is 2.07. The third-order valence-electron chi connectivity index (χ3n) is 2.74. The van der Waals surface area contributed by atoms with Crippen LogP contribution in [0.2, 0.25) is 0 Å². The number of nitrogens with one attached hydrogen (secondary N) is 1. The predicted molar refractivity (Wildman–Crippen MR) is 76.2 cm³/mol. The molecule has 0 saturated carbocycles. The molecule has 1 heterocycles. The van der Waals surface area contributed by atoms with Crippen LogP contribution in [0.15, 0.2) is 35.0 Å². The summed E-state index contributed by atoms with van der Waals surface area (Å²) >= 11 is 7.40. The van der Waals surface area contributed by atoms with Crippen molar-refractivity contribution in [3.63, 3.8) is 0 Å². The van der Waals surface area contributed by atoms with E-state index in [1.807, 2.05) is 25.1 Å². The Balaban J connectivity index is 2.01. The fourth-order valence-corrected chi connectivity index (χ4v) is 2.66. The van der Waals surface area contributed by atoms with Crippen LogP contribution in [0.3, 0.4) is 0 Å². The number of thiophene rings is 1. The maximum Gasteiger partial charge on any atom is 0.251 e. The van der Waals surface area contributed by atoms with Gasteiger partial charge in [0.05, 0.1) is 0 Å². The average molecular weight is 280 g/mol. The topological polar surface area (TPSA) is 29.1 Å². The van der Waals surface area contributed by atoms with Crippen LogP contribution in [0.5, 0.6) is 0 Å². The Morgan fingerprint density at radius 3 is 2.89 bits per heavy atom. The molecule has 0 aliphatic rings. The molecular formula is C14H14ClNOS. The van der Waals surface area contributed by atoms with E-state index in [2.05, 4.69) is 16.1 Å². The van der Waals surface area contributed by atoms with Crippen molar-refractivity contribution in [2.24, 2.45) is 0 Å². The standard InChI is InChI=1S/C14H14ClNOS/c1-10-8-18-9-13(10)7-16-14(17)12-4-2-3-11(5-12)6-15/h2-5,8-9H,6-7H2,1H3,(H,16,17). The molecule has 1 amide bonds. The molecule has 0 unspecified atom stereocenters. The molecule has 1 aromatic heterocycles. The number of amides is 1. The highest BCUT2D eigenvalue weighted by molar-refractivity contribution is 7.08. The number of carbonyl (C=O) groups is 1. The van der Waals surface area contributed by atoms with E-state index in [-0.39, 0.29) is 5.91 Å². The largest absolute Gasteiger partial charge is 0.348 e. The highest BCUT2D eigenvalue weighted by Crippen LogP contribution is 2.13. The highest BCUT2D eigenvalue weighted by atomic mass is 35.5. The summed E-state index contributed by atoms with van der Waals surface area (Å²) in [5.41, 5.74) is 3.99. The zero-order valence-corrected chi connectivity index (χ0v) is 11.6. The minimum atomic E-state index is -0.0624. The second kappa shape index (κ2) is 6.03. The lowest BCUT2D eigenvalue weighted by Gasteiger charge is -2.06. The van der Waals surface area contributed by atoms with Crippen molar-refractivity contribution >= 4 is 28.8 Å². The molecule has 2 aromatic rings. The van der Waals surface area contributed by atoms with Gasteiger partial charge in [0.25, 0.3) is 5.91 Å². The van der Waals surface area contributed by atoms with Crippen molar-refractivity contribution < 1.29 is 4.79 Å². The minimum absolute atomic E-state index is 0.0624. The van der Waals surface area contributed by atoms with Gasteiger partial charge in [0.1, 0.15) is 0 Å². The van der Waals surface area contributed by atoms with Gasteiger partial charge in [-0.1, -0.05) is 12.1 Å². The number of carbonyl (C=O) groups excluding carboxylic acids is 1. The van der Waals surface area contributed by atoms with Crippen molar-refractivity contribution in [1.29, 1.82) is 0 Å². The van der Waals surface area contributed by atoms with Gasteiger partial charge in [0.15, 0.2) is 0 Å². The van der Waals surface area contributed by atoms with Gasteiger partial charge >= 0.3 is 0 Å². The Morgan fingerprint density at radius 1 is 1.39 bits per heavy atom. The summed E-state index contributed by atoms with van der Waals surface area (Å²) in [6, 6.07) is 7.38. The first-order valence-electron chi connectivity index (χ1n) is 5.65. The number of halogens is 1. The lowest BCUT2D eigenvalue weighted by molar-refractivity contribution is 0.0951. The van der Waals surface area contributed by atoms with Crippen LogP contribution in [-0.2, 0) is 12.4 Å². The van der Waals surface area contributed by atoms with Gasteiger partial charge in [0.2, 0.25) is 0 Å². The number of alkyl halides is 1. The van der Waals surface area contributed by atoms with Crippen molar-refractivity contribution in [2.45, 2.75) is 19.3 Å². The lowest BCUT2D eigenvalue weighted by atomic mass is 10.1. The van der Waals surface area contributed by atoms with Gasteiger partial charge in [-0.2, -0.15) is 11.3 Å². The maximum absolute atomic E-state index is 12.0. The van der Waals surface area contributed by atoms with Gasteiger partial charge in [-0.05, 0) is 46.5 Å². The first-order valence-corrected chi connectivity index (χ1v) is 7.13. The SMILES string of the molecule is Cc1cscc1CNC(=O)c1cccc(CCl)c1. The van der Waals surface area contributed by atoms with Crippen molar-refractivity contribution in [3.05, 3.63) is 57.3 Å². The van der Waals surface area contributed by atoms with Crippen LogP contribution < -0.4 is 5.32 Å². The van der Waals surface area contributed by atoms with Gasteiger partial charge in [-0.3, -0.25) is 4.79 Å². The minimum Gasteiger partial charge on any atom is -0.348 e. The third kappa shape index (κ3) is 3.12. The van der Waals surface area contributed by atoms with E-state index in [4.69, 9.17) is 11.6 Å². The monoisotopic (exact) mass is 279 g/mol. The second-order valence-corrected chi connectivity index (χ2v) is 5.11. The maximum atomic E-state index is 12.0. The van der Waals surface area contributed by atoms with Crippen LogP contribution in [0.1, 0.15) is 27.0 Å². The number of aryl methyl sites for hydroxylation is 1. The summed E-state index contributed by atoms with van der Waals surface area (Å²) in [4.78, 5) is 12.0. The molecule has 2 rings (SSSR count). The Morgan fingerprint density at radius 2 is 2.22 bits per heavy atom. The normalized spacial score (nSPS) is 10.3. The fourth-order valence-electron chi connectivity index (χ4n) is 1.64. The fraction of sp³-hybridized carbons (Fsp3) is 0.214. The molecule has 0 bridgehead atoms. The molecule has 4 heteroatoms. The van der Waals surface area contributed by atoms with Gasteiger partial charge in [-0.15, -0.1) is 11.6 Å². The summed E-state index contributed by atoms with van der Waals surface area (Å²) in [7, 11) is 0. The Bertz CT molecular complexity index is 550. The molecule has 0 fully saturated rings. The predicted octanol–water partition coefficient (Wildman–Crippen LogP) is 3.73. The summed E-state index contributed by atoms with van der Waals surface area (Å²) in [5, 5.41) is 7.06. The van der Waals surface area contributed by atoms with Crippen LogP contribution >= 0.6 is 22.9 Å². The number of benzene rings is 1. The molecule has 0 spiro atoms. The van der Waals surface area contributed by atoms with E-state index >= 15 is 0 Å². The van der Waals surface area contributed by atoms with E-state index in [1.165, 1.54) is 11.1 Å². The van der Waals surface area contributed by atoms with Crippen molar-refractivity contribution in [2.75, 3.05) is 0 Å². The van der Waals surface area contributed by atoms with Crippen LogP contribution in [-0.4, -0.2) is 5.91 Å². The zero-order chi connectivity index (χ0) is 13.0. The average Bonchev–Trinajstić information content (AvgIpc) is 2.81. The van der Waals surface area contributed by atoms with Crippen molar-refractivity contribution in [3.8, 4) is 0 Å². The van der Waals surface area contributed by atoms with Crippen molar-refractivity contribution in [1.82, 2.24) is 5.32 Å². The van der Waals surface area contributed by atoms with E-state index in [0.29, 0.717) is 18.0 Å². The van der Waals surface area contributed by atoms with Crippen LogP contribution in [0.4, 0.5) is 0 Å². The molecule has 94 valence electrons. The summed E-state index contributed by atoms with van der Waals surface area (Å²) in [5.74, 6) is 0.359. The molecule has 2 nitrogen and oxygen atoms in total. The van der Waals surface area contributed by atoms with E-state index in [1.54, 1.807) is 17.4 Å². The molecule has 0 atom stereocenters. The summed E-state index contributed by atoms with van der Waals surface area (Å²) in [6.07, 6.45) is 0. The summed E-state index contributed by atoms with van der Waals surface area (Å²) < 4.78 is 0. The first-order chi connectivity index (χ1) is 8.70. The quantitative estimate of drug-likeness (QED) is 0.849. The van der Waals surface area contributed by atoms with E-state index in [9.17, 15) is 4.79 Å². The van der Waals surface area contributed by atoms with Crippen LogP contribution in [0, 0.1) is 6.92 Å². The third-order valence-corrected chi connectivity index (χ3v) is 3.96. The molecule has 0 aliphatic carbocycles. The Labute approximate surface area is 116 Å². The molecule has 1 N–H and O–H groups in total. The Kier molecular flexibility index (Phi) is 4.39. The van der Waals surface area contributed by atoms with Gasteiger partial charge < -0.3 is 5.32 Å². The lowest BCUT2D eigenvalue weighted by Crippen LogP contribution is -2.22. The molecule has 1 aromatic carbocycles. The summed E-state index contributed by atoms with van der Waals surface area (Å²) in [6.45, 7) is 2.62. The molecular weight excluding hydrogens is 266 g/mol. The van der Waals surface area contributed by atoms with E-state index < -0.39 is 0 Å². The molecule has 0 radical (unpaired) electrons. The van der Waals surface area contributed by atoms with Gasteiger partial charge in [-0.25, -0.2) is 0 Å². The Hall–Kier alpha value is -1.32. The number of hydrogen-bond donors (Lipinski definition) is 1. The molecule has 18 heavy (non-hydrogen) atoms. The number of hydrogen-bond acceptors (Lipinski definition) is 2. The number of rotatable bonds is 4. The zero-order valence-electron chi connectivity index (χ0n) is 10.1. The van der Waals surface area contributed by atoms with Gasteiger partial charge in [0, 0.05) is 18.0 Å². The van der Waals surface area contributed by atoms with E-state index in [0.717, 1.165) is 5.56 Å². The second-order valence-electron chi connectivity index (χ2n) is 4.10. The smallest absolute Gasteiger partial charge is 0.251 e. The first kappa shape index (κ1) is 13.1.